The number of amides is 1. The van der Waals surface area contributed by atoms with Crippen molar-refractivity contribution < 1.29 is 32.6 Å². The Morgan fingerprint density at radius 3 is 2.50 bits per heavy atom. The first-order valence-electron chi connectivity index (χ1n) is 7.11. The number of fused-ring (bicyclic) bond motifs is 1. The lowest BCUT2D eigenvalue weighted by Gasteiger charge is -2.28. The Morgan fingerprint density at radius 2 is 2.00 bits per heavy atom. The molecule has 0 aliphatic carbocycles. The summed E-state index contributed by atoms with van der Waals surface area (Å²) in [7, 11) is 0. The summed E-state index contributed by atoms with van der Waals surface area (Å²) in [5.41, 5.74) is -2.32. The minimum absolute atomic E-state index is 0.00787. The SMILES string of the molecule is CC(C)(CC(=O)N1C[C@@H]2COC[C@]2(C(=O)O)C1)CC(F)(F)F. The average Bonchev–Trinajstić information content (AvgIpc) is 2.80. The van der Waals surface area contributed by atoms with E-state index in [0.717, 1.165) is 0 Å². The van der Waals surface area contributed by atoms with E-state index in [9.17, 15) is 27.9 Å². The van der Waals surface area contributed by atoms with Crippen molar-refractivity contribution in [2.75, 3.05) is 26.3 Å². The molecule has 0 aromatic heterocycles. The van der Waals surface area contributed by atoms with Crippen molar-refractivity contribution in [2.45, 2.75) is 32.9 Å². The molecule has 0 spiro atoms. The highest BCUT2D eigenvalue weighted by molar-refractivity contribution is 5.81. The molecule has 0 bridgehead atoms. The van der Waals surface area contributed by atoms with Gasteiger partial charge in [-0.05, 0) is 5.41 Å². The number of rotatable bonds is 4. The van der Waals surface area contributed by atoms with Gasteiger partial charge in [0.2, 0.25) is 5.91 Å². The monoisotopic (exact) mass is 323 g/mol. The van der Waals surface area contributed by atoms with Crippen molar-refractivity contribution in [1.29, 1.82) is 0 Å². The van der Waals surface area contributed by atoms with Crippen LogP contribution in [-0.2, 0) is 14.3 Å². The molecule has 0 unspecified atom stereocenters. The number of carboxylic acids is 1. The van der Waals surface area contributed by atoms with Crippen molar-refractivity contribution in [3.05, 3.63) is 0 Å². The van der Waals surface area contributed by atoms with Gasteiger partial charge in [0.15, 0.2) is 0 Å². The zero-order valence-corrected chi connectivity index (χ0v) is 12.6. The molecule has 0 aromatic carbocycles. The predicted octanol–water partition coefficient (Wildman–Crippen LogP) is 1.91. The third-order valence-electron chi connectivity index (χ3n) is 4.46. The molecular formula is C14H20F3NO4. The quantitative estimate of drug-likeness (QED) is 0.858. The van der Waals surface area contributed by atoms with Crippen LogP contribution in [0.25, 0.3) is 0 Å². The second kappa shape index (κ2) is 5.40. The van der Waals surface area contributed by atoms with E-state index in [1.807, 2.05) is 0 Å². The number of nitrogens with zero attached hydrogens (tertiary/aromatic N) is 1. The summed E-state index contributed by atoms with van der Waals surface area (Å²) in [5.74, 6) is -1.73. The third kappa shape index (κ3) is 3.37. The Labute approximate surface area is 126 Å². The van der Waals surface area contributed by atoms with E-state index in [1.165, 1.54) is 18.7 Å². The molecule has 126 valence electrons. The number of carboxylic acid groups (broad SMARTS) is 1. The molecule has 2 aliphatic heterocycles. The Morgan fingerprint density at radius 1 is 1.36 bits per heavy atom. The Hall–Kier alpha value is -1.31. The minimum atomic E-state index is -4.33. The van der Waals surface area contributed by atoms with E-state index >= 15 is 0 Å². The fraction of sp³-hybridized carbons (Fsp3) is 0.857. The van der Waals surface area contributed by atoms with Crippen LogP contribution in [0.5, 0.6) is 0 Å². The summed E-state index contributed by atoms with van der Waals surface area (Å²) in [6.45, 7) is 3.34. The Kier molecular flexibility index (Phi) is 4.18. The highest BCUT2D eigenvalue weighted by Crippen LogP contribution is 2.43. The highest BCUT2D eigenvalue weighted by Gasteiger charge is 2.57. The van der Waals surface area contributed by atoms with Gasteiger partial charge in [-0.2, -0.15) is 13.2 Å². The third-order valence-corrected chi connectivity index (χ3v) is 4.46. The molecule has 0 radical (unpaired) electrons. The Balaban J connectivity index is 2.02. The van der Waals surface area contributed by atoms with Gasteiger partial charge >= 0.3 is 12.1 Å². The van der Waals surface area contributed by atoms with Crippen LogP contribution in [-0.4, -0.2) is 54.4 Å². The van der Waals surface area contributed by atoms with E-state index in [2.05, 4.69) is 0 Å². The number of alkyl halides is 3. The lowest BCUT2D eigenvalue weighted by atomic mass is 9.81. The fourth-order valence-electron chi connectivity index (χ4n) is 3.35. The van der Waals surface area contributed by atoms with Crippen molar-refractivity contribution in [3.8, 4) is 0 Å². The molecule has 2 heterocycles. The number of hydrogen-bond acceptors (Lipinski definition) is 3. The molecule has 22 heavy (non-hydrogen) atoms. The summed E-state index contributed by atoms with van der Waals surface area (Å²) in [6, 6.07) is 0. The topological polar surface area (TPSA) is 66.8 Å². The number of carbonyl (C=O) groups is 2. The Bertz CT molecular complexity index is 477. The lowest BCUT2D eigenvalue weighted by Crippen LogP contribution is -2.41. The van der Waals surface area contributed by atoms with Gasteiger partial charge in [-0.1, -0.05) is 13.8 Å². The second-order valence-electron chi connectivity index (χ2n) is 7.08. The van der Waals surface area contributed by atoms with E-state index in [4.69, 9.17) is 4.74 Å². The van der Waals surface area contributed by atoms with Gasteiger partial charge in [0.1, 0.15) is 5.41 Å². The molecule has 2 rings (SSSR count). The maximum absolute atomic E-state index is 12.5. The van der Waals surface area contributed by atoms with Crippen LogP contribution in [0.15, 0.2) is 0 Å². The van der Waals surface area contributed by atoms with Crippen LogP contribution in [0.2, 0.25) is 0 Å². The summed E-state index contributed by atoms with van der Waals surface area (Å²) in [6.07, 6.45) is -5.63. The zero-order chi connectivity index (χ0) is 16.8. The molecule has 0 saturated carbocycles. The van der Waals surface area contributed by atoms with Crippen molar-refractivity contribution in [2.24, 2.45) is 16.7 Å². The number of hydrogen-bond donors (Lipinski definition) is 1. The first-order chi connectivity index (χ1) is 9.95. The highest BCUT2D eigenvalue weighted by atomic mass is 19.4. The van der Waals surface area contributed by atoms with Crippen LogP contribution < -0.4 is 0 Å². The second-order valence-corrected chi connectivity index (χ2v) is 7.08. The minimum Gasteiger partial charge on any atom is -0.481 e. The maximum Gasteiger partial charge on any atom is 0.389 e. The van der Waals surface area contributed by atoms with E-state index < -0.39 is 35.3 Å². The van der Waals surface area contributed by atoms with Gasteiger partial charge in [0, 0.05) is 31.8 Å². The van der Waals surface area contributed by atoms with Gasteiger partial charge in [-0.25, -0.2) is 0 Å². The van der Waals surface area contributed by atoms with Gasteiger partial charge in [0.25, 0.3) is 0 Å². The molecule has 8 heteroatoms. The van der Waals surface area contributed by atoms with Crippen molar-refractivity contribution in [3.63, 3.8) is 0 Å². The number of likely N-dealkylation sites (tertiary alicyclic amines) is 1. The van der Waals surface area contributed by atoms with E-state index in [0.29, 0.717) is 0 Å². The number of aliphatic carboxylic acids is 1. The predicted molar refractivity (Wildman–Crippen MR) is 70.0 cm³/mol. The molecule has 0 aromatic rings. The van der Waals surface area contributed by atoms with Crippen molar-refractivity contribution in [1.82, 2.24) is 4.90 Å². The molecule has 2 fully saturated rings. The number of halogens is 3. The average molecular weight is 323 g/mol. The summed E-state index contributed by atoms with van der Waals surface area (Å²) in [5, 5.41) is 9.39. The molecule has 5 nitrogen and oxygen atoms in total. The first kappa shape index (κ1) is 17.1. The van der Waals surface area contributed by atoms with E-state index in [1.54, 1.807) is 0 Å². The summed E-state index contributed by atoms with van der Waals surface area (Å²) >= 11 is 0. The van der Waals surface area contributed by atoms with Crippen LogP contribution in [0.1, 0.15) is 26.7 Å². The number of ether oxygens (including phenoxy) is 1. The van der Waals surface area contributed by atoms with Gasteiger partial charge < -0.3 is 14.7 Å². The van der Waals surface area contributed by atoms with Gasteiger partial charge in [-0.15, -0.1) is 0 Å². The smallest absolute Gasteiger partial charge is 0.389 e. The van der Waals surface area contributed by atoms with Gasteiger partial charge in [-0.3, -0.25) is 9.59 Å². The maximum atomic E-state index is 12.5. The molecule has 1 amide bonds. The van der Waals surface area contributed by atoms with Crippen LogP contribution in [0.4, 0.5) is 13.2 Å². The molecule has 2 aliphatic rings. The first-order valence-corrected chi connectivity index (χ1v) is 7.11. The molecular weight excluding hydrogens is 303 g/mol. The molecule has 1 N–H and O–H groups in total. The lowest BCUT2D eigenvalue weighted by molar-refractivity contribution is -0.158. The van der Waals surface area contributed by atoms with Crippen LogP contribution in [0, 0.1) is 16.7 Å². The number of carbonyl (C=O) groups excluding carboxylic acids is 1. The normalized spacial score (nSPS) is 28.8. The van der Waals surface area contributed by atoms with Crippen molar-refractivity contribution >= 4 is 11.9 Å². The van der Waals surface area contributed by atoms with Crippen LogP contribution >= 0.6 is 0 Å². The van der Waals surface area contributed by atoms with Crippen LogP contribution in [0.3, 0.4) is 0 Å². The fourth-order valence-corrected chi connectivity index (χ4v) is 3.35. The van der Waals surface area contributed by atoms with E-state index in [-0.39, 0.29) is 38.6 Å². The molecule has 2 atom stereocenters. The molecule has 2 saturated heterocycles. The zero-order valence-electron chi connectivity index (χ0n) is 12.6. The standard InChI is InChI=1S/C14H20F3NO4/c1-12(2,6-14(15,16)17)3-10(19)18-4-9-5-22-8-13(9,7-18)11(20)21/h9H,3-8H2,1-2H3,(H,20,21)/t9-,13-/m1/s1. The van der Waals surface area contributed by atoms with Gasteiger partial charge in [0.05, 0.1) is 13.2 Å². The largest absolute Gasteiger partial charge is 0.481 e. The summed E-state index contributed by atoms with van der Waals surface area (Å²) < 4.78 is 42.7. The summed E-state index contributed by atoms with van der Waals surface area (Å²) in [4.78, 5) is 25.1.